The van der Waals surface area contributed by atoms with E-state index in [-0.39, 0.29) is 60.6 Å². The molecule has 0 fully saturated rings. The van der Waals surface area contributed by atoms with Gasteiger partial charge in [0.15, 0.2) is 0 Å². The van der Waals surface area contributed by atoms with Gasteiger partial charge in [0.1, 0.15) is 0 Å². The molecule has 0 atom stereocenters. The van der Waals surface area contributed by atoms with E-state index in [9.17, 15) is 8.42 Å². The fraction of sp³-hybridized carbons (Fsp3) is 0. The van der Waals surface area contributed by atoms with Gasteiger partial charge >= 0.3 is 51.4 Å². The molecule has 4 nitrogen and oxygen atoms in total. The van der Waals surface area contributed by atoms with E-state index in [1.165, 1.54) is 12.1 Å². The van der Waals surface area contributed by atoms with E-state index in [4.69, 9.17) is 5.84 Å². The van der Waals surface area contributed by atoms with E-state index in [1.807, 2.05) is 0 Å². The van der Waals surface area contributed by atoms with Gasteiger partial charge in [-0.25, -0.2) is 10.3 Å². The van der Waals surface area contributed by atoms with Crippen molar-refractivity contribution in [3.05, 3.63) is 30.3 Å². The molecule has 1 aromatic rings. The average Bonchev–Trinajstić information content (AvgIpc) is 2.18. The van der Waals surface area contributed by atoms with Crippen LogP contribution in [0.5, 0.6) is 0 Å². The van der Waals surface area contributed by atoms with Crippen LogP contribution in [-0.2, 0) is 22.7 Å². The van der Waals surface area contributed by atoms with Gasteiger partial charge in [-0.05, 0) is 16.5 Å². The van der Waals surface area contributed by atoms with Gasteiger partial charge in [0.05, 0.1) is 4.90 Å². The molecule has 0 unspecified atom stereocenters. The van der Waals surface area contributed by atoms with Crippen LogP contribution in [0, 0.1) is 0 Å². The molecule has 0 saturated carbocycles. The SMILES string of the molecule is NN(C(=S)[S-])S(=O)(=O)c1ccccc1.[K+]. The molecular weight excluding hydrogens is 279 g/mol. The van der Waals surface area contributed by atoms with E-state index >= 15 is 0 Å². The summed E-state index contributed by atoms with van der Waals surface area (Å²) in [5, 5.41) is 0. The van der Waals surface area contributed by atoms with Crippen LogP contribution < -0.4 is 57.2 Å². The Morgan fingerprint density at radius 1 is 1.33 bits per heavy atom. The first-order valence-corrected chi connectivity index (χ1v) is 5.78. The molecule has 0 aliphatic carbocycles. The first-order chi connectivity index (χ1) is 6.46. The summed E-state index contributed by atoms with van der Waals surface area (Å²) in [7, 11) is -3.77. The number of thiocarbonyl (C=S) groups is 1. The number of benzene rings is 1. The largest absolute Gasteiger partial charge is 1.00 e. The van der Waals surface area contributed by atoms with Crippen molar-refractivity contribution in [2.24, 2.45) is 5.84 Å². The zero-order valence-electron chi connectivity index (χ0n) is 7.95. The summed E-state index contributed by atoms with van der Waals surface area (Å²) >= 11 is 9.01. The Balaban J connectivity index is 0.00000196. The van der Waals surface area contributed by atoms with Gasteiger partial charge in [0.2, 0.25) is 0 Å². The minimum absolute atomic E-state index is 0. The summed E-state index contributed by atoms with van der Waals surface area (Å²) in [6, 6.07) is 7.72. The van der Waals surface area contributed by atoms with E-state index in [0.717, 1.165) is 0 Å². The molecule has 2 N–H and O–H groups in total. The van der Waals surface area contributed by atoms with Gasteiger partial charge in [-0.2, -0.15) is 8.42 Å². The second kappa shape index (κ2) is 6.57. The number of hydrazine groups is 1. The quantitative estimate of drug-likeness (QED) is 0.212. The molecule has 15 heavy (non-hydrogen) atoms. The van der Waals surface area contributed by atoms with Crippen LogP contribution in [0.4, 0.5) is 0 Å². The van der Waals surface area contributed by atoms with Crippen LogP contribution in [0.2, 0.25) is 0 Å². The second-order valence-electron chi connectivity index (χ2n) is 2.38. The Morgan fingerprint density at radius 2 is 1.80 bits per heavy atom. The average molecular weight is 286 g/mol. The van der Waals surface area contributed by atoms with E-state index in [1.54, 1.807) is 18.2 Å². The van der Waals surface area contributed by atoms with E-state index in [2.05, 4.69) is 24.8 Å². The van der Waals surface area contributed by atoms with Crippen molar-refractivity contribution < 1.29 is 59.8 Å². The van der Waals surface area contributed by atoms with Gasteiger partial charge in [-0.3, -0.25) is 0 Å². The Kier molecular flexibility index (Phi) is 6.96. The van der Waals surface area contributed by atoms with E-state index in [0.29, 0.717) is 4.41 Å². The third-order valence-corrected chi connectivity index (χ3v) is 3.67. The monoisotopic (exact) mass is 286 g/mol. The third kappa shape index (κ3) is 3.99. The number of sulfonamides is 1. The summed E-state index contributed by atoms with van der Waals surface area (Å²) in [5.41, 5.74) is 0. The third-order valence-electron chi connectivity index (χ3n) is 1.48. The van der Waals surface area contributed by atoms with Crippen molar-refractivity contribution >= 4 is 39.2 Å². The smallest absolute Gasteiger partial charge is 0.409 e. The minimum atomic E-state index is -3.77. The number of hydrogen-bond donors (Lipinski definition) is 1. The molecule has 0 bridgehead atoms. The standard InChI is InChI=1S/C7H8N2O2S3.K/c8-9(7(12)13)14(10,11)6-4-2-1-3-5-6;/h1-5H,8H2,(H,12,13);/q;+1/p-1. The maximum atomic E-state index is 11.6. The Labute approximate surface area is 142 Å². The number of rotatable bonds is 2. The van der Waals surface area contributed by atoms with Gasteiger partial charge in [-0.1, -0.05) is 18.2 Å². The molecule has 8 heteroatoms. The molecule has 0 saturated heterocycles. The molecule has 0 aliphatic heterocycles. The predicted molar refractivity (Wildman–Crippen MR) is 59.6 cm³/mol. The molecule has 0 aliphatic rings. The van der Waals surface area contributed by atoms with Gasteiger partial charge in [0.25, 0.3) is 10.0 Å². The number of hydrogen-bond acceptors (Lipinski definition) is 5. The fourth-order valence-corrected chi connectivity index (χ4v) is 2.32. The second-order valence-corrected chi connectivity index (χ2v) is 5.23. The zero-order valence-corrected chi connectivity index (χ0v) is 13.5. The topological polar surface area (TPSA) is 63.4 Å². The number of nitrogens with two attached hydrogens (primary N) is 1. The summed E-state index contributed by atoms with van der Waals surface area (Å²) in [6.45, 7) is 0. The minimum Gasteiger partial charge on any atom is -0.409 e. The molecule has 0 radical (unpaired) electrons. The maximum Gasteiger partial charge on any atom is 1.00 e. The van der Waals surface area contributed by atoms with Crippen LogP contribution in [0.15, 0.2) is 35.2 Å². The van der Waals surface area contributed by atoms with Crippen molar-refractivity contribution in [1.29, 1.82) is 0 Å². The van der Waals surface area contributed by atoms with Crippen molar-refractivity contribution in [3.63, 3.8) is 0 Å². The molecule has 0 spiro atoms. The van der Waals surface area contributed by atoms with Gasteiger partial charge in [-0.15, -0.1) is 0 Å². The predicted octanol–water partition coefficient (Wildman–Crippen LogP) is -2.61. The molecule has 76 valence electrons. The Bertz CT molecular complexity index is 435. The van der Waals surface area contributed by atoms with Crippen LogP contribution in [-0.4, -0.2) is 17.2 Å². The molecular formula is C7H7KN2O2S3. The van der Waals surface area contributed by atoms with E-state index < -0.39 is 10.0 Å². The van der Waals surface area contributed by atoms with Crippen molar-refractivity contribution in [2.75, 3.05) is 0 Å². The Morgan fingerprint density at radius 3 is 2.20 bits per heavy atom. The molecule has 0 amide bonds. The van der Waals surface area contributed by atoms with Crippen LogP contribution in [0.3, 0.4) is 0 Å². The first kappa shape index (κ1) is 15.9. The van der Waals surface area contributed by atoms with Gasteiger partial charge < -0.3 is 24.8 Å². The number of nitrogens with zero attached hydrogens (tertiary/aromatic N) is 1. The maximum absolute atomic E-state index is 11.6. The molecule has 1 aromatic carbocycles. The zero-order chi connectivity index (χ0) is 10.8. The molecule has 0 heterocycles. The fourth-order valence-electron chi connectivity index (χ4n) is 0.804. The summed E-state index contributed by atoms with van der Waals surface area (Å²) in [6.07, 6.45) is 0. The normalized spacial score (nSPS) is 10.2. The van der Waals surface area contributed by atoms with Crippen molar-refractivity contribution in [2.45, 2.75) is 4.90 Å². The Hall–Kier alpha value is 0.876. The van der Waals surface area contributed by atoms with Crippen molar-refractivity contribution in [3.8, 4) is 0 Å². The van der Waals surface area contributed by atoms with Crippen LogP contribution >= 0.6 is 12.2 Å². The summed E-state index contributed by atoms with van der Waals surface area (Å²) < 4.78 is 23.3. The van der Waals surface area contributed by atoms with Gasteiger partial charge in [0, 0.05) is 0 Å². The summed E-state index contributed by atoms with van der Waals surface area (Å²) in [5.74, 6) is 5.23. The summed E-state index contributed by atoms with van der Waals surface area (Å²) in [4.78, 5) is 0.0645. The molecule has 1 rings (SSSR count). The van der Waals surface area contributed by atoms with Crippen LogP contribution in [0.1, 0.15) is 0 Å². The van der Waals surface area contributed by atoms with Crippen LogP contribution in [0.25, 0.3) is 0 Å². The van der Waals surface area contributed by atoms with Crippen molar-refractivity contribution in [1.82, 2.24) is 4.41 Å². The first-order valence-electron chi connectivity index (χ1n) is 3.52. The molecule has 0 aromatic heterocycles.